The van der Waals surface area contributed by atoms with Crippen LogP contribution in [0.25, 0.3) is 0 Å². The second kappa shape index (κ2) is 9.11. The molecule has 1 aliphatic heterocycles. The van der Waals surface area contributed by atoms with Crippen molar-refractivity contribution in [2.24, 2.45) is 5.92 Å². The van der Waals surface area contributed by atoms with E-state index in [0.29, 0.717) is 0 Å². The number of amides is 1. The third kappa shape index (κ3) is 4.65. The molecule has 5 nitrogen and oxygen atoms in total. The fraction of sp³-hybridized carbons (Fsp3) is 0.435. The molecule has 0 bridgehead atoms. The van der Waals surface area contributed by atoms with Crippen molar-refractivity contribution in [3.05, 3.63) is 59.7 Å². The van der Waals surface area contributed by atoms with Crippen LogP contribution in [0.4, 0.5) is 0 Å². The Morgan fingerprint density at radius 3 is 2.50 bits per heavy atom. The molecular formula is C23H30N2O3. The van der Waals surface area contributed by atoms with Crippen molar-refractivity contribution in [1.82, 2.24) is 10.2 Å². The van der Waals surface area contributed by atoms with Crippen LogP contribution in [0.15, 0.2) is 48.5 Å². The molecule has 1 saturated heterocycles. The zero-order chi connectivity index (χ0) is 20.1. The zero-order valence-electron chi connectivity index (χ0n) is 17.1. The minimum Gasteiger partial charge on any atom is -0.497 e. The number of hydrogen-bond acceptors (Lipinski definition) is 4. The van der Waals surface area contributed by atoms with Crippen LogP contribution in [0.3, 0.4) is 0 Å². The Morgan fingerprint density at radius 2 is 1.86 bits per heavy atom. The molecule has 0 spiro atoms. The normalized spacial score (nSPS) is 19.6. The fourth-order valence-corrected chi connectivity index (χ4v) is 3.80. The van der Waals surface area contributed by atoms with Crippen LogP contribution < -0.4 is 14.8 Å². The number of carbonyl (C=O) groups excluding carboxylic acids is 1. The highest BCUT2D eigenvalue weighted by molar-refractivity contribution is 5.78. The lowest BCUT2D eigenvalue weighted by atomic mass is 9.92. The van der Waals surface area contributed by atoms with Crippen molar-refractivity contribution in [3.8, 4) is 11.5 Å². The second-order valence-electron chi connectivity index (χ2n) is 7.66. The van der Waals surface area contributed by atoms with Gasteiger partial charge in [-0.1, -0.05) is 44.2 Å². The van der Waals surface area contributed by atoms with E-state index in [4.69, 9.17) is 9.47 Å². The number of likely N-dealkylation sites (tertiary alicyclic amines) is 1. The van der Waals surface area contributed by atoms with Crippen molar-refractivity contribution in [3.63, 3.8) is 0 Å². The maximum Gasteiger partial charge on any atom is 0.222 e. The average Bonchev–Trinajstić information content (AvgIpc) is 3.09. The lowest BCUT2D eigenvalue weighted by molar-refractivity contribution is -0.124. The molecule has 2 aromatic rings. The van der Waals surface area contributed by atoms with Gasteiger partial charge in [-0.15, -0.1) is 0 Å². The first-order valence-corrected chi connectivity index (χ1v) is 9.80. The molecule has 0 aliphatic carbocycles. The first-order chi connectivity index (χ1) is 13.5. The molecule has 5 heteroatoms. The highest BCUT2D eigenvalue weighted by atomic mass is 16.5. The molecule has 0 saturated carbocycles. The number of ether oxygens (including phenoxy) is 2. The van der Waals surface area contributed by atoms with Crippen molar-refractivity contribution >= 4 is 5.91 Å². The largest absolute Gasteiger partial charge is 0.497 e. The Labute approximate surface area is 167 Å². The zero-order valence-corrected chi connectivity index (χ0v) is 17.1. The molecule has 1 fully saturated rings. The van der Waals surface area contributed by atoms with Crippen LogP contribution in [0.1, 0.15) is 30.9 Å². The van der Waals surface area contributed by atoms with Gasteiger partial charge in [0, 0.05) is 43.1 Å². The molecule has 0 aromatic heterocycles. The molecule has 28 heavy (non-hydrogen) atoms. The second-order valence-corrected chi connectivity index (χ2v) is 7.66. The number of carbonyl (C=O) groups is 1. The summed E-state index contributed by atoms with van der Waals surface area (Å²) in [6, 6.07) is 16.3. The number of rotatable bonds is 7. The van der Waals surface area contributed by atoms with E-state index in [1.165, 1.54) is 5.56 Å². The van der Waals surface area contributed by atoms with Gasteiger partial charge in [0.25, 0.3) is 0 Å². The summed E-state index contributed by atoms with van der Waals surface area (Å²) in [4.78, 5) is 14.8. The Kier molecular flexibility index (Phi) is 6.57. The first kappa shape index (κ1) is 20.2. The van der Waals surface area contributed by atoms with E-state index >= 15 is 0 Å². The molecule has 1 amide bonds. The van der Waals surface area contributed by atoms with Gasteiger partial charge in [0.2, 0.25) is 5.91 Å². The van der Waals surface area contributed by atoms with Gasteiger partial charge in [0.1, 0.15) is 11.5 Å². The quantitative estimate of drug-likeness (QED) is 0.797. The van der Waals surface area contributed by atoms with Crippen LogP contribution in [-0.4, -0.2) is 44.2 Å². The number of nitrogens with one attached hydrogen (secondary N) is 1. The van der Waals surface area contributed by atoms with E-state index in [0.717, 1.165) is 36.7 Å². The first-order valence-electron chi connectivity index (χ1n) is 9.80. The summed E-state index contributed by atoms with van der Waals surface area (Å²) in [6.45, 7) is 6.36. The summed E-state index contributed by atoms with van der Waals surface area (Å²) >= 11 is 0. The molecule has 2 atom stereocenters. The lowest BCUT2D eigenvalue weighted by Gasteiger charge is -2.23. The summed E-state index contributed by atoms with van der Waals surface area (Å²) in [5.41, 5.74) is 2.35. The molecular weight excluding hydrogens is 352 g/mol. The molecule has 0 radical (unpaired) electrons. The lowest BCUT2D eigenvalue weighted by Crippen LogP contribution is -2.41. The van der Waals surface area contributed by atoms with E-state index in [1.807, 2.05) is 38.1 Å². The summed E-state index contributed by atoms with van der Waals surface area (Å²) in [5, 5.41) is 3.25. The van der Waals surface area contributed by atoms with Gasteiger partial charge >= 0.3 is 0 Å². The van der Waals surface area contributed by atoms with Crippen molar-refractivity contribution in [2.75, 3.05) is 27.3 Å². The summed E-state index contributed by atoms with van der Waals surface area (Å²) in [7, 11) is 3.35. The molecule has 3 rings (SSSR count). The SMILES string of the molecule is COc1ccc(OC)c([C@@H]2CN(Cc3ccccc3)C[C@H]2NC(=O)C(C)C)c1. The number of benzene rings is 2. The van der Waals surface area contributed by atoms with Crippen molar-refractivity contribution in [2.45, 2.75) is 32.4 Å². The summed E-state index contributed by atoms with van der Waals surface area (Å²) in [5.74, 6) is 1.80. The third-order valence-corrected chi connectivity index (χ3v) is 5.33. The maximum atomic E-state index is 12.4. The van der Waals surface area contributed by atoms with Crippen LogP contribution in [0.2, 0.25) is 0 Å². The average molecular weight is 383 g/mol. The topological polar surface area (TPSA) is 50.8 Å². The van der Waals surface area contributed by atoms with Crippen LogP contribution in [-0.2, 0) is 11.3 Å². The smallest absolute Gasteiger partial charge is 0.222 e. The van der Waals surface area contributed by atoms with Gasteiger partial charge in [0.05, 0.1) is 14.2 Å². The number of hydrogen-bond donors (Lipinski definition) is 1. The Bertz CT molecular complexity index is 792. The molecule has 1 N–H and O–H groups in total. The summed E-state index contributed by atoms with van der Waals surface area (Å²) < 4.78 is 11.1. The Hall–Kier alpha value is -2.53. The number of nitrogens with zero attached hydrogens (tertiary/aromatic N) is 1. The van der Waals surface area contributed by atoms with Crippen molar-refractivity contribution < 1.29 is 14.3 Å². The van der Waals surface area contributed by atoms with Gasteiger partial charge < -0.3 is 14.8 Å². The maximum absolute atomic E-state index is 12.4. The number of methoxy groups -OCH3 is 2. The van der Waals surface area contributed by atoms with Gasteiger partial charge in [-0.2, -0.15) is 0 Å². The standard InChI is InChI=1S/C23H30N2O3/c1-16(2)23(26)24-21-15-25(13-17-8-6-5-7-9-17)14-20(21)19-12-18(27-3)10-11-22(19)28-4/h5-12,16,20-21H,13-15H2,1-4H3,(H,24,26)/t20-,21+/m0/s1. The highest BCUT2D eigenvalue weighted by Crippen LogP contribution is 2.36. The monoisotopic (exact) mass is 382 g/mol. The summed E-state index contributed by atoms with van der Waals surface area (Å²) in [6.07, 6.45) is 0. The van der Waals surface area contributed by atoms with E-state index in [2.05, 4.69) is 34.5 Å². The Balaban J connectivity index is 1.88. The van der Waals surface area contributed by atoms with Gasteiger partial charge in [0.15, 0.2) is 0 Å². The molecule has 1 heterocycles. The predicted octanol–water partition coefficient (Wildman–Crippen LogP) is 3.44. The van der Waals surface area contributed by atoms with Crippen LogP contribution >= 0.6 is 0 Å². The molecule has 1 aliphatic rings. The molecule has 0 unspecified atom stereocenters. The van der Waals surface area contributed by atoms with Crippen LogP contribution in [0, 0.1) is 5.92 Å². The predicted molar refractivity (Wildman–Crippen MR) is 111 cm³/mol. The molecule has 150 valence electrons. The minimum absolute atomic E-state index is 0.0274. The Morgan fingerprint density at radius 1 is 1.11 bits per heavy atom. The molecule has 2 aromatic carbocycles. The van der Waals surface area contributed by atoms with Gasteiger partial charge in [-0.25, -0.2) is 0 Å². The van der Waals surface area contributed by atoms with Gasteiger partial charge in [-0.05, 0) is 23.8 Å². The van der Waals surface area contributed by atoms with E-state index in [1.54, 1.807) is 14.2 Å². The highest BCUT2D eigenvalue weighted by Gasteiger charge is 2.36. The van der Waals surface area contributed by atoms with E-state index < -0.39 is 0 Å². The fourth-order valence-electron chi connectivity index (χ4n) is 3.80. The van der Waals surface area contributed by atoms with E-state index in [9.17, 15) is 4.79 Å². The van der Waals surface area contributed by atoms with E-state index in [-0.39, 0.29) is 23.8 Å². The van der Waals surface area contributed by atoms with Crippen LogP contribution in [0.5, 0.6) is 11.5 Å². The van der Waals surface area contributed by atoms with Crippen molar-refractivity contribution in [1.29, 1.82) is 0 Å². The van der Waals surface area contributed by atoms with Gasteiger partial charge in [-0.3, -0.25) is 9.69 Å². The third-order valence-electron chi connectivity index (χ3n) is 5.33. The minimum atomic E-state index is -0.0453.